The van der Waals surface area contributed by atoms with E-state index in [0.717, 1.165) is 22.3 Å². The third-order valence-electron chi connectivity index (χ3n) is 3.04. The predicted octanol–water partition coefficient (Wildman–Crippen LogP) is 4.29. The first-order valence-corrected chi connectivity index (χ1v) is 7.05. The molecule has 0 aliphatic heterocycles. The Kier molecular flexibility index (Phi) is 4.36. The smallest absolute Gasteiger partial charge is 0.0267 e. The fraction of sp³-hybridized carbons (Fsp3) is 0. The van der Waals surface area contributed by atoms with Gasteiger partial charge in [0, 0.05) is 22.3 Å². The summed E-state index contributed by atoms with van der Waals surface area (Å²) < 4.78 is 0. The van der Waals surface area contributed by atoms with Crippen LogP contribution >= 0.6 is 0 Å². The quantitative estimate of drug-likeness (QED) is 0.538. The molecular weight excluding hydrogens is 264 g/mol. The monoisotopic (exact) mass is 277 g/mol. The van der Waals surface area contributed by atoms with Crippen LogP contribution in [-0.2, 0) is 0 Å². The highest BCUT2D eigenvalue weighted by Gasteiger charge is 1.91. The van der Waals surface area contributed by atoms with Gasteiger partial charge in [0.15, 0.2) is 0 Å². The average Bonchev–Trinajstić information content (AvgIpc) is 2.60. The largest absolute Gasteiger partial charge is 0.0622 e. The van der Waals surface area contributed by atoms with Crippen molar-refractivity contribution in [3.05, 3.63) is 107 Å². The summed E-state index contributed by atoms with van der Waals surface area (Å²) >= 11 is 0. The van der Waals surface area contributed by atoms with Gasteiger partial charge in [-0.05, 0) is 48.5 Å². The molecule has 0 amide bonds. The van der Waals surface area contributed by atoms with Crippen molar-refractivity contribution in [2.24, 2.45) is 0 Å². The molecule has 3 aromatic rings. The molecule has 22 heavy (non-hydrogen) atoms. The SMILES string of the molecule is C(#Cc1c[c]cc(C#Cc2ccccc2)c1)c1ccccc1. The predicted molar refractivity (Wildman–Crippen MR) is 90.1 cm³/mol. The van der Waals surface area contributed by atoms with E-state index in [1.54, 1.807) is 0 Å². The van der Waals surface area contributed by atoms with E-state index in [9.17, 15) is 0 Å². The van der Waals surface area contributed by atoms with Gasteiger partial charge >= 0.3 is 0 Å². The molecule has 0 aliphatic rings. The van der Waals surface area contributed by atoms with Gasteiger partial charge in [-0.1, -0.05) is 60.1 Å². The molecule has 3 aromatic carbocycles. The molecule has 0 bridgehead atoms. The number of benzene rings is 3. The summed E-state index contributed by atoms with van der Waals surface area (Å²) in [5.41, 5.74) is 3.85. The third kappa shape index (κ3) is 3.89. The second-order valence-electron chi connectivity index (χ2n) is 4.74. The van der Waals surface area contributed by atoms with Crippen LogP contribution in [0.4, 0.5) is 0 Å². The van der Waals surface area contributed by atoms with Crippen molar-refractivity contribution >= 4 is 0 Å². The van der Waals surface area contributed by atoms with Gasteiger partial charge in [0.05, 0.1) is 0 Å². The first kappa shape index (κ1) is 13.7. The van der Waals surface area contributed by atoms with Gasteiger partial charge in [0.1, 0.15) is 0 Å². The minimum Gasteiger partial charge on any atom is -0.0622 e. The topological polar surface area (TPSA) is 0 Å². The van der Waals surface area contributed by atoms with Gasteiger partial charge in [-0.2, -0.15) is 0 Å². The molecule has 0 saturated carbocycles. The van der Waals surface area contributed by atoms with E-state index in [-0.39, 0.29) is 0 Å². The molecule has 0 aromatic heterocycles. The summed E-state index contributed by atoms with van der Waals surface area (Å²) in [6, 6.07) is 28.7. The maximum Gasteiger partial charge on any atom is 0.0267 e. The molecule has 0 spiro atoms. The van der Waals surface area contributed by atoms with Crippen molar-refractivity contribution in [1.29, 1.82) is 0 Å². The Bertz CT molecular complexity index is 794. The van der Waals surface area contributed by atoms with Gasteiger partial charge in [-0.15, -0.1) is 0 Å². The first-order chi connectivity index (χ1) is 10.9. The standard InChI is InChI=1S/C22H13/c1-3-8-19(9-4-1)14-16-21-12-7-13-22(18-21)17-15-20-10-5-2-6-11-20/h1-6,8-13,18H. The van der Waals surface area contributed by atoms with Crippen LogP contribution < -0.4 is 0 Å². The summed E-state index contributed by atoms with van der Waals surface area (Å²) in [5, 5.41) is 0. The van der Waals surface area contributed by atoms with Crippen LogP contribution in [-0.4, -0.2) is 0 Å². The van der Waals surface area contributed by atoms with Gasteiger partial charge in [0.2, 0.25) is 0 Å². The Labute approximate surface area is 131 Å². The van der Waals surface area contributed by atoms with Crippen molar-refractivity contribution in [3.63, 3.8) is 0 Å². The normalized spacial score (nSPS) is 9.09. The van der Waals surface area contributed by atoms with Crippen molar-refractivity contribution < 1.29 is 0 Å². The van der Waals surface area contributed by atoms with E-state index >= 15 is 0 Å². The fourth-order valence-electron chi connectivity index (χ4n) is 1.95. The average molecular weight is 277 g/mol. The van der Waals surface area contributed by atoms with E-state index in [2.05, 4.69) is 29.7 Å². The maximum absolute atomic E-state index is 3.15. The van der Waals surface area contributed by atoms with Crippen molar-refractivity contribution in [1.82, 2.24) is 0 Å². The van der Waals surface area contributed by atoms with E-state index < -0.39 is 0 Å². The van der Waals surface area contributed by atoms with E-state index in [4.69, 9.17) is 0 Å². The van der Waals surface area contributed by atoms with Crippen molar-refractivity contribution in [2.45, 2.75) is 0 Å². The maximum atomic E-state index is 3.15. The van der Waals surface area contributed by atoms with E-state index in [1.807, 2.05) is 78.9 Å². The minimum atomic E-state index is 0.920. The van der Waals surface area contributed by atoms with Crippen LogP contribution in [0.5, 0.6) is 0 Å². The molecule has 101 valence electrons. The molecule has 0 unspecified atom stereocenters. The second kappa shape index (κ2) is 6.98. The van der Waals surface area contributed by atoms with Crippen LogP contribution in [0.1, 0.15) is 22.3 Å². The minimum absolute atomic E-state index is 0.920. The van der Waals surface area contributed by atoms with Crippen molar-refractivity contribution in [2.75, 3.05) is 0 Å². The zero-order valence-corrected chi connectivity index (χ0v) is 12.0. The van der Waals surface area contributed by atoms with Crippen LogP contribution in [0, 0.1) is 29.7 Å². The lowest BCUT2D eigenvalue weighted by Gasteiger charge is -1.93. The lowest BCUT2D eigenvalue weighted by Crippen LogP contribution is -1.80. The molecule has 0 nitrogen and oxygen atoms in total. The Hall–Kier alpha value is -3.22. The van der Waals surface area contributed by atoms with Crippen molar-refractivity contribution in [3.8, 4) is 23.7 Å². The van der Waals surface area contributed by atoms with E-state index in [0.29, 0.717) is 0 Å². The van der Waals surface area contributed by atoms with Gasteiger partial charge < -0.3 is 0 Å². The molecule has 1 radical (unpaired) electrons. The Morgan fingerprint density at radius 2 is 0.909 bits per heavy atom. The third-order valence-corrected chi connectivity index (χ3v) is 3.04. The second-order valence-corrected chi connectivity index (χ2v) is 4.74. The summed E-state index contributed by atoms with van der Waals surface area (Å²) in [6.07, 6.45) is 0. The molecule has 0 saturated heterocycles. The van der Waals surface area contributed by atoms with Gasteiger partial charge in [-0.25, -0.2) is 0 Å². The number of hydrogen-bond acceptors (Lipinski definition) is 0. The highest BCUT2D eigenvalue weighted by atomic mass is 13.9. The van der Waals surface area contributed by atoms with E-state index in [1.165, 1.54) is 0 Å². The zero-order valence-electron chi connectivity index (χ0n) is 12.0. The van der Waals surface area contributed by atoms with Crippen LogP contribution in [0.15, 0.2) is 78.9 Å². The summed E-state index contributed by atoms with van der Waals surface area (Å²) in [4.78, 5) is 0. The Balaban J connectivity index is 1.82. The van der Waals surface area contributed by atoms with Crippen LogP contribution in [0.25, 0.3) is 0 Å². The number of rotatable bonds is 0. The van der Waals surface area contributed by atoms with Crippen LogP contribution in [0.3, 0.4) is 0 Å². The summed E-state index contributed by atoms with van der Waals surface area (Å²) in [7, 11) is 0. The number of hydrogen-bond donors (Lipinski definition) is 0. The van der Waals surface area contributed by atoms with Gasteiger partial charge in [-0.3, -0.25) is 0 Å². The molecule has 0 heteroatoms. The molecule has 0 aliphatic carbocycles. The molecule has 0 atom stereocenters. The highest BCUT2D eigenvalue weighted by molar-refractivity contribution is 5.48. The lowest BCUT2D eigenvalue weighted by molar-refractivity contribution is 1.57. The first-order valence-electron chi connectivity index (χ1n) is 7.05. The molecular formula is C22H13. The molecule has 0 heterocycles. The lowest BCUT2D eigenvalue weighted by atomic mass is 10.1. The summed E-state index contributed by atoms with van der Waals surface area (Å²) in [6.45, 7) is 0. The molecule has 3 rings (SSSR count). The summed E-state index contributed by atoms with van der Waals surface area (Å²) in [5.74, 6) is 12.6. The fourth-order valence-corrected chi connectivity index (χ4v) is 1.95. The molecule has 0 fully saturated rings. The molecule has 0 N–H and O–H groups in total. The van der Waals surface area contributed by atoms with Crippen LogP contribution in [0.2, 0.25) is 0 Å². The zero-order chi connectivity index (χ0) is 15.0. The highest BCUT2D eigenvalue weighted by Crippen LogP contribution is 2.04. The Morgan fingerprint density at radius 1 is 0.500 bits per heavy atom. The van der Waals surface area contributed by atoms with Gasteiger partial charge in [0.25, 0.3) is 0 Å². The Morgan fingerprint density at radius 3 is 1.36 bits per heavy atom.